The standard InChI is InChI=1S/C32H43N7O3S/c1-31(2,3)26-14-12-23-29(35-26)39-20-22(18-32(39,4)5)11-13-24(25-17-21(15-16-33-25)19-38(6)7)34-27-9-8-10-28(36-27)43(41,42)37-30(23)40/h8-10,12,14-17,22,24H,11,13,18-20H2,1-7H3,(H,34,36)(H,37,40)/t22-,24-/m0/s1. The molecule has 2 N–H and O–H groups in total. The van der Waals surface area contributed by atoms with E-state index >= 15 is 0 Å². The smallest absolute Gasteiger partial charge is 0.281 e. The largest absolute Gasteiger partial charge is 0.362 e. The molecule has 0 saturated carbocycles. The molecule has 230 valence electrons. The molecular formula is C32H43N7O3S. The van der Waals surface area contributed by atoms with Crippen LogP contribution in [0.25, 0.3) is 0 Å². The summed E-state index contributed by atoms with van der Waals surface area (Å²) in [6.07, 6.45) is 4.40. The molecule has 2 aliphatic rings. The molecule has 11 heteroatoms. The maximum absolute atomic E-state index is 13.6. The third kappa shape index (κ3) is 6.83. The lowest BCUT2D eigenvalue weighted by Crippen LogP contribution is -2.41. The zero-order valence-corrected chi connectivity index (χ0v) is 27.0. The van der Waals surface area contributed by atoms with E-state index < -0.39 is 15.9 Å². The maximum atomic E-state index is 13.6. The molecule has 43 heavy (non-hydrogen) atoms. The van der Waals surface area contributed by atoms with Gasteiger partial charge in [-0.05, 0) is 95.1 Å². The minimum atomic E-state index is -4.27. The lowest BCUT2D eigenvalue weighted by atomic mass is 9.90. The van der Waals surface area contributed by atoms with Crippen molar-refractivity contribution in [3.8, 4) is 0 Å². The van der Waals surface area contributed by atoms with Crippen molar-refractivity contribution < 1.29 is 13.2 Å². The van der Waals surface area contributed by atoms with Crippen molar-refractivity contribution in [3.05, 3.63) is 71.2 Å². The predicted octanol–water partition coefficient (Wildman–Crippen LogP) is 4.90. The van der Waals surface area contributed by atoms with Crippen LogP contribution in [-0.4, -0.2) is 60.4 Å². The Hall–Kier alpha value is -3.57. The van der Waals surface area contributed by atoms with Gasteiger partial charge in [-0.25, -0.2) is 14.7 Å². The monoisotopic (exact) mass is 605 g/mol. The fourth-order valence-corrected chi connectivity index (χ4v) is 7.03. The van der Waals surface area contributed by atoms with Gasteiger partial charge in [0.1, 0.15) is 11.6 Å². The van der Waals surface area contributed by atoms with Gasteiger partial charge in [-0.1, -0.05) is 26.8 Å². The van der Waals surface area contributed by atoms with Gasteiger partial charge < -0.3 is 15.1 Å². The number of pyridine rings is 3. The van der Waals surface area contributed by atoms with E-state index in [1.54, 1.807) is 18.2 Å². The number of carbonyl (C=O) groups excluding carboxylic acids is 1. The van der Waals surface area contributed by atoms with Crippen LogP contribution in [0.4, 0.5) is 11.6 Å². The van der Waals surface area contributed by atoms with Gasteiger partial charge in [0, 0.05) is 35.9 Å². The number of nitrogens with zero attached hydrogens (tertiary/aromatic N) is 5. The summed E-state index contributed by atoms with van der Waals surface area (Å²) >= 11 is 0. The number of aromatic nitrogens is 3. The van der Waals surface area contributed by atoms with E-state index in [-0.39, 0.29) is 27.6 Å². The third-order valence-electron chi connectivity index (χ3n) is 8.22. The quantitative estimate of drug-likeness (QED) is 0.429. The number of sulfonamides is 1. The van der Waals surface area contributed by atoms with Gasteiger partial charge >= 0.3 is 0 Å². The fraction of sp³-hybridized carbons (Fsp3) is 0.500. The molecule has 0 aliphatic carbocycles. The molecule has 1 amide bonds. The van der Waals surface area contributed by atoms with E-state index in [2.05, 4.69) is 65.5 Å². The average Bonchev–Trinajstić information content (AvgIpc) is 3.23. The van der Waals surface area contributed by atoms with E-state index in [9.17, 15) is 13.2 Å². The van der Waals surface area contributed by atoms with Crippen molar-refractivity contribution in [2.45, 2.75) is 82.4 Å². The van der Waals surface area contributed by atoms with E-state index in [1.165, 1.54) is 6.07 Å². The van der Waals surface area contributed by atoms with Crippen LogP contribution in [0.15, 0.2) is 53.7 Å². The third-order valence-corrected chi connectivity index (χ3v) is 9.45. The lowest BCUT2D eigenvalue weighted by molar-refractivity contribution is 0.0981. The Kier molecular flexibility index (Phi) is 8.26. The summed E-state index contributed by atoms with van der Waals surface area (Å²) in [5, 5.41) is 3.22. The highest BCUT2D eigenvalue weighted by molar-refractivity contribution is 7.90. The topological polar surface area (TPSA) is 120 Å². The molecule has 0 aromatic carbocycles. The van der Waals surface area contributed by atoms with E-state index in [0.717, 1.165) is 42.8 Å². The molecule has 1 fully saturated rings. The summed E-state index contributed by atoms with van der Waals surface area (Å²) in [5.74, 6) is 0.516. The zero-order valence-electron chi connectivity index (χ0n) is 26.2. The zero-order chi connectivity index (χ0) is 31.2. The number of hydrogen-bond donors (Lipinski definition) is 2. The van der Waals surface area contributed by atoms with Crippen molar-refractivity contribution in [1.29, 1.82) is 0 Å². The second-order valence-electron chi connectivity index (χ2n) is 13.7. The molecule has 5 rings (SSSR count). The van der Waals surface area contributed by atoms with Crippen LogP contribution >= 0.6 is 0 Å². The van der Waals surface area contributed by atoms with Crippen LogP contribution in [0, 0.1) is 5.92 Å². The van der Waals surface area contributed by atoms with Gasteiger partial charge in [0.25, 0.3) is 15.9 Å². The minimum absolute atomic E-state index is 0.192. The Labute approximate surface area is 255 Å². The molecular weight excluding hydrogens is 562 g/mol. The molecule has 10 nitrogen and oxygen atoms in total. The van der Waals surface area contributed by atoms with Gasteiger partial charge in [0.05, 0.1) is 17.3 Å². The first kappa shape index (κ1) is 30.9. The number of rotatable bonds is 3. The summed E-state index contributed by atoms with van der Waals surface area (Å²) in [6.45, 7) is 12.0. The number of nitrogens with one attached hydrogen (secondary N) is 2. The van der Waals surface area contributed by atoms with Crippen molar-refractivity contribution in [2.24, 2.45) is 5.92 Å². The number of amides is 1. The molecule has 3 aromatic heterocycles. The van der Waals surface area contributed by atoms with Crippen molar-refractivity contribution >= 4 is 27.6 Å². The summed E-state index contributed by atoms with van der Waals surface area (Å²) < 4.78 is 29.2. The van der Waals surface area contributed by atoms with Crippen LogP contribution in [0.1, 0.15) is 87.2 Å². The lowest BCUT2D eigenvalue weighted by Gasteiger charge is -2.34. The van der Waals surface area contributed by atoms with Crippen LogP contribution in [0.5, 0.6) is 0 Å². The molecule has 5 heterocycles. The van der Waals surface area contributed by atoms with Crippen molar-refractivity contribution in [1.82, 2.24) is 24.6 Å². The Morgan fingerprint density at radius 2 is 1.84 bits per heavy atom. The average molecular weight is 606 g/mol. The number of fused-ring (bicyclic) bond motifs is 6. The van der Waals surface area contributed by atoms with Crippen LogP contribution in [0.3, 0.4) is 0 Å². The van der Waals surface area contributed by atoms with Crippen molar-refractivity contribution in [2.75, 3.05) is 30.9 Å². The highest BCUT2D eigenvalue weighted by atomic mass is 32.2. The van der Waals surface area contributed by atoms with Gasteiger partial charge in [-0.15, -0.1) is 0 Å². The first-order valence-electron chi connectivity index (χ1n) is 14.8. The molecule has 2 atom stereocenters. The van der Waals surface area contributed by atoms with Gasteiger partial charge in [0.15, 0.2) is 5.03 Å². The molecule has 2 aliphatic heterocycles. The molecule has 1 saturated heterocycles. The first-order valence-corrected chi connectivity index (χ1v) is 16.3. The van der Waals surface area contributed by atoms with Gasteiger partial charge in [-0.2, -0.15) is 8.42 Å². The van der Waals surface area contributed by atoms with Crippen LogP contribution in [-0.2, 0) is 22.0 Å². The van der Waals surface area contributed by atoms with Gasteiger partial charge in [-0.3, -0.25) is 9.78 Å². The Balaban J connectivity index is 1.61. The predicted molar refractivity (Wildman–Crippen MR) is 169 cm³/mol. The number of carbonyl (C=O) groups is 1. The normalized spacial score (nSPS) is 21.8. The Morgan fingerprint density at radius 1 is 1.07 bits per heavy atom. The molecule has 0 spiro atoms. The highest BCUT2D eigenvalue weighted by Crippen LogP contribution is 2.41. The maximum Gasteiger partial charge on any atom is 0.281 e. The second kappa shape index (κ2) is 11.5. The number of anilines is 2. The summed E-state index contributed by atoms with van der Waals surface area (Å²) in [5.41, 5.74) is 2.54. The van der Waals surface area contributed by atoms with Crippen LogP contribution in [0.2, 0.25) is 0 Å². The second-order valence-corrected chi connectivity index (χ2v) is 15.3. The van der Waals surface area contributed by atoms with E-state index in [4.69, 9.17) is 9.97 Å². The number of hydrogen-bond acceptors (Lipinski definition) is 9. The summed E-state index contributed by atoms with van der Waals surface area (Å²) in [7, 11) is -0.213. The minimum Gasteiger partial charge on any atom is -0.362 e. The molecule has 4 bridgehead atoms. The SMILES string of the molecule is CN(C)Cc1ccnc([C@@H]2CC[C@@H]3CN(c4nc(C(C)(C)C)ccc4C(=O)NS(=O)(=O)c4cccc(n4)N2)C(C)(C)C3)c1. The Morgan fingerprint density at radius 3 is 2.56 bits per heavy atom. The fourth-order valence-electron chi connectivity index (χ4n) is 6.10. The summed E-state index contributed by atoms with van der Waals surface area (Å²) in [6, 6.07) is 12.2. The van der Waals surface area contributed by atoms with E-state index in [1.807, 2.05) is 32.4 Å². The highest BCUT2D eigenvalue weighted by Gasteiger charge is 2.41. The van der Waals surface area contributed by atoms with Crippen LogP contribution < -0.4 is 14.9 Å². The molecule has 3 aromatic rings. The first-order chi connectivity index (χ1) is 20.1. The Bertz CT molecular complexity index is 1620. The van der Waals surface area contributed by atoms with Crippen molar-refractivity contribution in [3.63, 3.8) is 0 Å². The molecule has 0 unspecified atom stereocenters. The molecule has 0 radical (unpaired) electrons. The summed E-state index contributed by atoms with van der Waals surface area (Å²) in [4.78, 5) is 32.1. The van der Waals surface area contributed by atoms with Gasteiger partial charge in [0.2, 0.25) is 0 Å². The van der Waals surface area contributed by atoms with E-state index in [0.29, 0.717) is 24.1 Å².